The highest BCUT2D eigenvalue weighted by molar-refractivity contribution is 5.66. The van der Waals surface area contributed by atoms with Gasteiger partial charge in [0.25, 0.3) is 0 Å². The molecule has 5 atom stereocenters. The number of carboxylic acids is 1. The first-order valence-electron chi connectivity index (χ1n) is 9.29. The Kier molecular flexibility index (Phi) is 12.0. The van der Waals surface area contributed by atoms with Gasteiger partial charge >= 0.3 is 5.97 Å². The highest BCUT2D eigenvalue weighted by atomic mass is 16.7. The van der Waals surface area contributed by atoms with Gasteiger partial charge in [0, 0.05) is 34.0 Å². The summed E-state index contributed by atoms with van der Waals surface area (Å²) in [6, 6.07) is 0. The lowest BCUT2D eigenvalue weighted by Gasteiger charge is -2.45. The smallest absolute Gasteiger partial charge is 0.305 e. The Morgan fingerprint density at radius 1 is 1.07 bits per heavy atom. The van der Waals surface area contributed by atoms with Gasteiger partial charge in [-0.2, -0.15) is 0 Å². The third-order valence-corrected chi connectivity index (χ3v) is 4.08. The Balaban J connectivity index is 2.84. The lowest BCUT2D eigenvalue weighted by molar-refractivity contribution is -0.318. The van der Waals surface area contributed by atoms with Crippen molar-refractivity contribution in [2.75, 3.05) is 47.3 Å². The maximum atomic E-state index is 10.8. The third-order valence-electron chi connectivity index (χ3n) is 4.08. The van der Waals surface area contributed by atoms with Crippen molar-refractivity contribution in [1.29, 1.82) is 0 Å². The van der Waals surface area contributed by atoms with E-state index in [4.69, 9.17) is 38.6 Å². The maximum absolute atomic E-state index is 10.8. The number of ether oxygens (including phenoxy) is 6. The molecular weight excluding hydrogens is 360 g/mol. The van der Waals surface area contributed by atoms with E-state index in [-0.39, 0.29) is 26.2 Å². The molecule has 0 spiro atoms. The molecule has 0 aromatic carbocycles. The summed E-state index contributed by atoms with van der Waals surface area (Å²) in [6.45, 7) is 5.23. The molecule has 27 heavy (non-hydrogen) atoms. The van der Waals surface area contributed by atoms with Gasteiger partial charge in [-0.25, -0.2) is 0 Å². The van der Waals surface area contributed by atoms with E-state index in [9.17, 15) is 4.79 Å². The fraction of sp³-hybridized carbons (Fsp3) is 0.944. The van der Waals surface area contributed by atoms with Crippen molar-refractivity contribution in [2.24, 2.45) is 5.92 Å². The zero-order valence-electron chi connectivity index (χ0n) is 16.7. The highest BCUT2D eigenvalue weighted by Crippen LogP contribution is 2.28. The van der Waals surface area contributed by atoms with Crippen molar-refractivity contribution in [3.63, 3.8) is 0 Å². The van der Waals surface area contributed by atoms with Crippen molar-refractivity contribution in [2.45, 2.75) is 57.4 Å². The Hall–Kier alpha value is -0.810. The molecule has 0 amide bonds. The van der Waals surface area contributed by atoms with Gasteiger partial charge in [-0.05, 0) is 12.3 Å². The Labute approximate surface area is 160 Å². The number of aliphatic hydroxyl groups is 1. The molecule has 0 radical (unpaired) electrons. The summed E-state index contributed by atoms with van der Waals surface area (Å²) in [5, 5.41) is 17.8. The van der Waals surface area contributed by atoms with E-state index < -0.39 is 36.7 Å². The van der Waals surface area contributed by atoms with Gasteiger partial charge in [0.15, 0.2) is 6.29 Å². The number of aliphatic hydroxyl groups excluding tert-OH is 1. The first-order chi connectivity index (χ1) is 12.9. The van der Waals surface area contributed by atoms with E-state index in [2.05, 4.69) is 13.8 Å². The standard InChI is InChI=1S/C18H34O9/c1-12(2)10-24-11-13-15(22-3)16(23-4)17(25-8-5-7-19)18(27-13)26-9-6-14(20)21/h12-13,15-19H,5-11H2,1-4H3,(H,20,21)/t13-,15-,16+,17+,18-/m1/s1. The van der Waals surface area contributed by atoms with Crippen LogP contribution in [-0.4, -0.2) is 94.1 Å². The van der Waals surface area contributed by atoms with Crippen molar-refractivity contribution < 1.29 is 43.4 Å². The predicted octanol–water partition coefficient (Wildman–Crippen LogP) is 0.673. The van der Waals surface area contributed by atoms with Crippen LogP contribution in [-0.2, 0) is 33.2 Å². The van der Waals surface area contributed by atoms with E-state index in [1.807, 2.05) is 0 Å². The second kappa shape index (κ2) is 13.4. The average Bonchev–Trinajstić information content (AvgIpc) is 2.62. The lowest BCUT2D eigenvalue weighted by Crippen LogP contribution is -2.61. The number of carbonyl (C=O) groups is 1. The SMILES string of the molecule is CO[C@@H]1[C@H](OCCCO)[C@H](OCCC(=O)O)O[C@H](COCC(C)C)[C@H]1OC. The summed E-state index contributed by atoms with van der Waals surface area (Å²) in [6.07, 6.45) is -2.54. The first kappa shape index (κ1) is 24.2. The van der Waals surface area contributed by atoms with Gasteiger partial charge < -0.3 is 38.6 Å². The van der Waals surface area contributed by atoms with E-state index in [1.165, 1.54) is 0 Å². The van der Waals surface area contributed by atoms with Gasteiger partial charge in [0.05, 0.1) is 19.6 Å². The van der Waals surface area contributed by atoms with Gasteiger partial charge in [-0.15, -0.1) is 0 Å². The summed E-state index contributed by atoms with van der Waals surface area (Å²) in [5.74, 6) is -0.580. The van der Waals surface area contributed by atoms with E-state index in [0.29, 0.717) is 25.6 Å². The fourth-order valence-electron chi connectivity index (χ4n) is 2.84. The summed E-state index contributed by atoms with van der Waals surface area (Å²) >= 11 is 0. The molecule has 0 aromatic rings. The number of aliphatic carboxylic acids is 1. The molecule has 0 aromatic heterocycles. The molecule has 0 aliphatic carbocycles. The van der Waals surface area contributed by atoms with Crippen LogP contribution in [0.3, 0.4) is 0 Å². The molecule has 9 nitrogen and oxygen atoms in total. The second-order valence-corrected chi connectivity index (χ2v) is 6.80. The molecule has 1 fully saturated rings. The summed E-state index contributed by atoms with van der Waals surface area (Å²) < 4.78 is 34.3. The molecule has 1 aliphatic heterocycles. The minimum atomic E-state index is -0.960. The molecule has 2 N–H and O–H groups in total. The predicted molar refractivity (Wildman–Crippen MR) is 95.6 cm³/mol. The Morgan fingerprint density at radius 2 is 1.78 bits per heavy atom. The van der Waals surface area contributed by atoms with Crippen LogP contribution in [0.5, 0.6) is 0 Å². The normalized spacial score (nSPS) is 28.6. The number of rotatable bonds is 14. The van der Waals surface area contributed by atoms with E-state index in [1.54, 1.807) is 14.2 Å². The van der Waals surface area contributed by atoms with Crippen LogP contribution >= 0.6 is 0 Å². The van der Waals surface area contributed by atoms with Crippen LogP contribution in [0.15, 0.2) is 0 Å². The molecular formula is C18H34O9. The van der Waals surface area contributed by atoms with Crippen molar-refractivity contribution in [3.05, 3.63) is 0 Å². The summed E-state index contributed by atoms with van der Waals surface area (Å²) in [4.78, 5) is 10.8. The number of hydrogen-bond donors (Lipinski definition) is 2. The molecule has 0 bridgehead atoms. The van der Waals surface area contributed by atoms with Crippen molar-refractivity contribution >= 4 is 5.97 Å². The number of hydrogen-bond acceptors (Lipinski definition) is 8. The molecule has 9 heteroatoms. The number of carboxylic acid groups (broad SMARTS) is 1. The molecule has 1 aliphatic rings. The molecule has 1 saturated heterocycles. The zero-order chi connectivity index (χ0) is 20.2. The highest BCUT2D eigenvalue weighted by Gasteiger charge is 2.48. The Morgan fingerprint density at radius 3 is 2.33 bits per heavy atom. The monoisotopic (exact) mass is 394 g/mol. The zero-order valence-corrected chi connectivity index (χ0v) is 16.7. The fourth-order valence-corrected chi connectivity index (χ4v) is 2.84. The van der Waals surface area contributed by atoms with Crippen LogP contribution in [0, 0.1) is 5.92 Å². The molecule has 0 unspecified atom stereocenters. The maximum Gasteiger partial charge on any atom is 0.305 e. The van der Waals surface area contributed by atoms with Gasteiger partial charge in [0.1, 0.15) is 24.4 Å². The molecule has 0 saturated carbocycles. The Bertz CT molecular complexity index is 404. The van der Waals surface area contributed by atoms with Crippen molar-refractivity contribution in [3.8, 4) is 0 Å². The van der Waals surface area contributed by atoms with Crippen LogP contribution in [0.1, 0.15) is 26.7 Å². The minimum Gasteiger partial charge on any atom is -0.481 e. The van der Waals surface area contributed by atoms with Gasteiger partial charge in [-0.1, -0.05) is 13.8 Å². The van der Waals surface area contributed by atoms with Crippen LogP contribution in [0.2, 0.25) is 0 Å². The number of methoxy groups -OCH3 is 2. The van der Waals surface area contributed by atoms with Crippen LogP contribution in [0.25, 0.3) is 0 Å². The lowest BCUT2D eigenvalue weighted by atomic mass is 9.98. The van der Waals surface area contributed by atoms with E-state index >= 15 is 0 Å². The summed E-state index contributed by atoms with van der Waals surface area (Å²) in [7, 11) is 3.11. The largest absolute Gasteiger partial charge is 0.481 e. The second-order valence-electron chi connectivity index (χ2n) is 6.80. The van der Waals surface area contributed by atoms with Crippen LogP contribution < -0.4 is 0 Å². The van der Waals surface area contributed by atoms with Crippen LogP contribution in [0.4, 0.5) is 0 Å². The van der Waals surface area contributed by atoms with Crippen molar-refractivity contribution in [1.82, 2.24) is 0 Å². The third kappa shape index (κ3) is 8.39. The van der Waals surface area contributed by atoms with Gasteiger partial charge in [0.2, 0.25) is 0 Å². The first-order valence-corrected chi connectivity index (χ1v) is 9.29. The molecule has 1 heterocycles. The van der Waals surface area contributed by atoms with E-state index in [0.717, 1.165) is 0 Å². The molecule has 1 rings (SSSR count). The minimum absolute atomic E-state index is 0.00482. The molecule has 160 valence electrons. The topological polar surface area (TPSA) is 113 Å². The van der Waals surface area contributed by atoms with Gasteiger partial charge in [-0.3, -0.25) is 4.79 Å². The average molecular weight is 394 g/mol. The quantitative estimate of drug-likeness (QED) is 0.410. The summed E-state index contributed by atoms with van der Waals surface area (Å²) in [5.41, 5.74) is 0.